The Bertz CT molecular complexity index is 285. The molecule has 1 saturated carbocycles. The lowest BCUT2D eigenvalue weighted by Gasteiger charge is -2.49. The molecule has 0 aromatic rings. The van der Waals surface area contributed by atoms with Gasteiger partial charge in [-0.1, -0.05) is 13.8 Å². The number of hydrogen-bond acceptors (Lipinski definition) is 3. The number of nitrogens with two attached hydrogens (primary N) is 1. The molecular weight excluding hydrogens is 226 g/mol. The van der Waals surface area contributed by atoms with Crippen molar-refractivity contribution in [2.45, 2.75) is 51.1 Å². The average molecular weight is 255 g/mol. The van der Waals surface area contributed by atoms with E-state index in [1.165, 1.54) is 19.3 Å². The monoisotopic (exact) mass is 255 g/mol. The van der Waals surface area contributed by atoms with Crippen LogP contribution < -0.4 is 5.73 Å². The van der Waals surface area contributed by atoms with Crippen LogP contribution in [0.2, 0.25) is 0 Å². The molecule has 1 unspecified atom stereocenters. The zero-order valence-electron chi connectivity index (χ0n) is 12.6. The molecule has 4 heteroatoms. The summed E-state index contributed by atoms with van der Waals surface area (Å²) in [5.41, 5.74) is 6.15. The molecule has 0 spiro atoms. The second kappa shape index (κ2) is 6.02. The van der Waals surface area contributed by atoms with Crippen LogP contribution in [0.4, 0.5) is 0 Å². The first-order valence-electron chi connectivity index (χ1n) is 6.96. The van der Waals surface area contributed by atoms with E-state index in [4.69, 9.17) is 5.73 Å². The summed E-state index contributed by atoms with van der Waals surface area (Å²) < 4.78 is 0. The lowest BCUT2D eigenvalue weighted by molar-refractivity contribution is -0.134. The molecule has 0 aromatic heterocycles. The Labute approximate surface area is 111 Å². The molecule has 1 aliphatic carbocycles. The van der Waals surface area contributed by atoms with Gasteiger partial charge in [0, 0.05) is 19.1 Å². The van der Waals surface area contributed by atoms with E-state index in [0.29, 0.717) is 5.92 Å². The molecule has 0 aliphatic heterocycles. The minimum Gasteiger partial charge on any atom is -0.343 e. The van der Waals surface area contributed by atoms with Crippen molar-refractivity contribution in [3.63, 3.8) is 0 Å². The highest BCUT2D eigenvalue weighted by Crippen LogP contribution is 2.36. The number of hydrogen-bond donors (Lipinski definition) is 1. The lowest BCUT2D eigenvalue weighted by atomic mass is 9.75. The highest BCUT2D eigenvalue weighted by molar-refractivity contribution is 5.81. The van der Waals surface area contributed by atoms with Crippen molar-refractivity contribution in [2.24, 2.45) is 11.7 Å². The summed E-state index contributed by atoms with van der Waals surface area (Å²) >= 11 is 0. The van der Waals surface area contributed by atoms with Gasteiger partial charge in [-0.05, 0) is 45.7 Å². The maximum atomic E-state index is 12.2. The first kappa shape index (κ1) is 15.4. The molecule has 0 saturated heterocycles. The van der Waals surface area contributed by atoms with Crippen LogP contribution in [-0.4, -0.2) is 55.0 Å². The standard InChI is InChI=1S/C14H29N3O/c1-11(2)9-12(15)13(18)17(5)10-14(16(3)4)7-6-8-14/h11-12H,6-10,15H2,1-5H3. The van der Waals surface area contributed by atoms with Gasteiger partial charge in [0.05, 0.1) is 6.04 Å². The number of rotatable bonds is 6. The summed E-state index contributed by atoms with van der Waals surface area (Å²) in [6.07, 6.45) is 4.38. The van der Waals surface area contributed by atoms with E-state index in [2.05, 4.69) is 32.8 Å². The molecule has 0 radical (unpaired) electrons. The van der Waals surface area contributed by atoms with Crippen LogP contribution in [0.3, 0.4) is 0 Å². The summed E-state index contributed by atoms with van der Waals surface area (Å²) in [6, 6.07) is -0.353. The fourth-order valence-electron chi connectivity index (χ4n) is 2.74. The van der Waals surface area contributed by atoms with Gasteiger partial charge in [-0.25, -0.2) is 0 Å². The third kappa shape index (κ3) is 3.45. The van der Waals surface area contributed by atoms with Gasteiger partial charge in [-0.15, -0.1) is 0 Å². The van der Waals surface area contributed by atoms with Crippen molar-refractivity contribution in [2.75, 3.05) is 27.7 Å². The summed E-state index contributed by atoms with van der Waals surface area (Å²) in [7, 11) is 6.09. The molecular formula is C14H29N3O. The third-order valence-electron chi connectivity index (χ3n) is 4.18. The number of amides is 1. The molecule has 1 aliphatic rings. The van der Waals surface area contributed by atoms with Crippen molar-refractivity contribution in [3.05, 3.63) is 0 Å². The second-order valence-corrected chi connectivity index (χ2v) is 6.40. The van der Waals surface area contributed by atoms with Crippen LogP contribution in [0.15, 0.2) is 0 Å². The molecule has 4 nitrogen and oxygen atoms in total. The van der Waals surface area contributed by atoms with E-state index in [-0.39, 0.29) is 17.5 Å². The van der Waals surface area contributed by atoms with Crippen LogP contribution in [0.5, 0.6) is 0 Å². The largest absolute Gasteiger partial charge is 0.343 e. The summed E-state index contributed by atoms with van der Waals surface area (Å²) in [4.78, 5) is 16.3. The van der Waals surface area contributed by atoms with Crippen LogP contribution in [0, 0.1) is 5.92 Å². The molecule has 0 bridgehead atoms. The molecule has 1 rings (SSSR count). The predicted molar refractivity (Wildman–Crippen MR) is 75.3 cm³/mol. The number of carbonyl (C=O) groups is 1. The Kier molecular flexibility index (Phi) is 5.17. The Morgan fingerprint density at radius 3 is 2.17 bits per heavy atom. The fourth-order valence-corrected chi connectivity index (χ4v) is 2.74. The predicted octanol–water partition coefficient (Wildman–Crippen LogP) is 1.30. The average Bonchev–Trinajstić information content (AvgIpc) is 2.20. The molecule has 18 heavy (non-hydrogen) atoms. The number of likely N-dealkylation sites (N-methyl/N-ethyl adjacent to an activating group) is 2. The Balaban J connectivity index is 2.54. The third-order valence-corrected chi connectivity index (χ3v) is 4.18. The summed E-state index contributed by atoms with van der Waals surface area (Å²) in [5, 5.41) is 0. The molecule has 1 fully saturated rings. The maximum absolute atomic E-state index is 12.2. The zero-order chi connectivity index (χ0) is 13.9. The first-order valence-corrected chi connectivity index (χ1v) is 6.96. The zero-order valence-corrected chi connectivity index (χ0v) is 12.6. The van der Waals surface area contributed by atoms with Crippen LogP contribution >= 0.6 is 0 Å². The normalized spacial score (nSPS) is 19.8. The van der Waals surface area contributed by atoms with Gasteiger partial charge < -0.3 is 15.5 Å². The van der Waals surface area contributed by atoms with Gasteiger partial charge in [0.15, 0.2) is 0 Å². The minimum atomic E-state index is -0.353. The highest BCUT2D eigenvalue weighted by atomic mass is 16.2. The van der Waals surface area contributed by atoms with Crippen molar-refractivity contribution >= 4 is 5.91 Å². The van der Waals surface area contributed by atoms with Crippen LogP contribution in [-0.2, 0) is 4.79 Å². The Morgan fingerprint density at radius 2 is 1.83 bits per heavy atom. The fraction of sp³-hybridized carbons (Fsp3) is 0.929. The SMILES string of the molecule is CC(C)CC(N)C(=O)N(C)CC1(N(C)C)CCC1. The number of carbonyl (C=O) groups excluding carboxylic acids is 1. The quantitative estimate of drug-likeness (QED) is 0.778. The van der Waals surface area contributed by atoms with E-state index in [0.717, 1.165) is 13.0 Å². The van der Waals surface area contributed by atoms with Gasteiger partial charge in [0.2, 0.25) is 5.91 Å². The van der Waals surface area contributed by atoms with Crippen molar-refractivity contribution in [3.8, 4) is 0 Å². The molecule has 106 valence electrons. The van der Waals surface area contributed by atoms with Gasteiger partial charge in [0.1, 0.15) is 0 Å². The van der Waals surface area contributed by atoms with E-state index >= 15 is 0 Å². The van der Waals surface area contributed by atoms with Gasteiger partial charge in [0.25, 0.3) is 0 Å². The van der Waals surface area contributed by atoms with Gasteiger partial charge >= 0.3 is 0 Å². The lowest BCUT2D eigenvalue weighted by Crippen LogP contribution is -2.59. The van der Waals surface area contributed by atoms with Crippen molar-refractivity contribution in [1.29, 1.82) is 0 Å². The van der Waals surface area contributed by atoms with E-state index in [1.54, 1.807) is 0 Å². The topological polar surface area (TPSA) is 49.6 Å². The van der Waals surface area contributed by atoms with E-state index in [1.807, 2.05) is 11.9 Å². The molecule has 0 aromatic carbocycles. The molecule has 2 N–H and O–H groups in total. The van der Waals surface area contributed by atoms with Gasteiger partial charge in [-0.3, -0.25) is 4.79 Å². The van der Waals surface area contributed by atoms with Crippen LogP contribution in [0.25, 0.3) is 0 Å². The highest BCUT2D eigenvalue weighted by Gasteiger charge is 2.41. The van der Waals surface area contributed by atoms with E-state index < -0.39 is 0 Å². The minimum absolute atomic E-state index is 0.0804. The van der Waals surface area contributed by atoms with Crippen molar-refractivity contribution in [1.82, 2.24) is 9.80 Å². The number of nitrogens with zero attached hydrogens (tertiary/aromatic N) is 2. The first-order chi connectivity index (χ1) is 8.28. The second-order valence-electron chi connectivity index (χ2n) is 6.40. The Hall–Kier alpha value is -0.610. The molecule has 0 heterocycles. The van der Waals surface area contributed by atoms with E-state index in [9.17, 15) is 4.79 Å². The summed E-state index contributed by atoms with van der Waals surface area (Å²) in [5.74, 6) is 0.542. The van der Waals surface area contributed by atoms with Crippen molar-refractivity contribution < 1.29 is 4.79 Å². The molecule has 1 atom stereocenters. The van der Waals surface area contributed by atoms with Crippen LogP contribution in [0.1, 0.15) is 39.5 Å². The molecule has 1 amide bonds. The maximum Gasteiger partial charge on any atom is 0.239 e. The van der Waals surface area contributed by atoms with Gasteiger partial charge in [-0.2, -0.15) is 0 Å². The smallest absolute Gasteiger partial charge is 0.239 e. The Morgan fingerprint density at radius 1 is 1.28 bits per heavy atom. The summed E-state index contributed by atoms with van der Waals surface area (Å²) in [6.45, 7) is 4.99.